The van der Waals surface area contributed by atoms with Crippen molar-refractivity contribution in [1.82, 2.24) is 10.0 Å². The number of nitriles is 1. The first kappa shape index (κ1) is 22.4. The lowest BCUT2D eigenvalue weighted by atomic mass is 9.72. The molecular weight excluding hydrogens is 416 g/mol. The van der Waals surface area contributed by atoms with Crippen LogP contribution in [0.1, 0.15) is 35.8 Å². The lowest BCUT2D eigenvalue weighted by Crippen LogP contribution is -2.46. The lowest BCUT2D eigenvalue weighted by molar-refractivity contribution is -0.117. The Kier molecular flexibility index (Phi) is 6.12. The molecule has 0 radical (unpaired) electrons. The molecular formula is C26H28N4O3. The number of Topliss-reactive ketones (excluding diaryl/α,β-unsaturated/α-hetero) is 1. The van der Waals surface area contributed by atoms with E-state index in [1.54, 1.807) is 25.3 Å². The number of benzene rings is 2. The number of hydrogen-bond donors (Lipinski definition) is 1. The van der Waals surface area contributed by atoms with E-state index in [1.165, 1.54) is 0 Å². The van der Waals surface area contributed by atoms with Gasteiger partial charge < -0.3 is 15.2 Å². The summed E-state index contributed by atoms with van der Waals surface area (Å²) in [4.78, 5) is 13.7. The van der Waals surface area contributed by atoms with Crippen LogP contribution in [0.4, 0.5) is 0 Å². The zero-order valence-corrected chi connectivity index (χ0v) is 19.3. The van der Waals surface area contributed by atoms with Crippen LogP contribution in [-0.2, 0) is 4.79 Å². The van der Waals surface area contributed by atoms with Gasteiger partial charge in [0.05, 0.1) is 31.8 Å². The van der Waals surface area contributed by atoms with E-state index >= 15 is 0 Å². The Balaban J connectivity index is 1.92. The van der Waals surface area contributed by atoms with E-state index in [0.29, 0.717) is 41.3 Å². The number of ether oxygens (including phenoxy) is 2. The Bertz CT molecular complexity index is 1180. The molecule has 2 aromatic rings. The molecule has 170 valence electrons. The number of carbonyl (C=O) groups excluding carboxylic acids is 1. The molecule has 0 saturated carbocycles. The second-order valence-corrected chi connectivity index (χ2v) is 8.41. The van der Waals surface area contributed by atoms with Crippen molar-refractivity contribution in [3.63, 3.8) is 0 Å². The van der Waals surface area contributed by atoms with Crippen molar-refractivity contribution in [3.8, 4) is 17.6 Å². The standard InChI is InChI=1S/C26H28N4O3/c1-29(2)30-21-12-17(16-8-6-5-7-9-16)13-22(31)25(21)24(20(15-27)26(30)28)19-11-10-18(32-3)14-23(19)33-4/h5-11,14,17,24H,12-13,28H2,1-4H3. The van der Waals surface area contributed by atoms with Gasteiger partial charge in [-0.2, -0.15) is 5.26 Å². The van der Waals surface area contributed by atoms with Gasteiger partial charge in [0.1, 0.15) is 17.3 Å². The summed E-state index contributed by atoms with van der Waals surface area (Å²) in [5.74, 6) is 0.944. The van der Waals surface area contributed by atoms with E-state index < -0.39 is 5.92 Å². The van der Waals surface area contributed by atoms with Crippen molar-refractivity contribution in [1.29, 1.82) is 5.26 Å². The SMILES string of the molecule is COc1ccc(C2C(C#N)=C(N)N(N(C)C)C3=C2C(=O)CC(c2ccccc2)C3)c(OC)c1. The molecule has 2 N–H and O–H groups in total. The van der Waals surface area contributed by atoms with Crippen molar-refractivity contribution >= 4 is 5.78 Å². The Labute approximate surface area is 194 Å². The minimum Gasteiger partial charge on any atom is -0.497 e. The van der Waals surface area contributed by atoms with Crippen LogP contribution >= 0.6 is 0 Å². The monoisotopic (exact) mass is 444 g/mol. The van der Waals surface area contributed by atoms with Crippen molar-refractivity contribution in [2.45, 2.75) is 24.7 Å². The van der Waals surface area contributed by atoms with Gasteiger partial charge in [-0.15, -0.1) is 0 Å². The van der Waals surface area contributed by atoms with Gasteiger partial charge in [-0.3, -0.25) is 9.80 Å². The van der Waals surface area contributed by atoms with E-state index in [4.69, 9.17) is 15.2 Å². The molecule has 2 aromatic carbocycles. The van der Waals surface area contributed by atoms with Gasteiger partial charge in [0, 0.05) is 43.4 Å². The largest absolute Gasteiger partial charge is 0.497 e. The molecule has 0 amide bonds. The quantitative estimate of drug-likeness (QED) is 0.752. The van der Waals surface area contributed by atoms with Crippen LogP contribution in [0, 0.1) is 11.3 Å². The zero-order chi connectivity index (χ0) is 23.7. The highest BCUT2D eigenvalue weighted by molar-refractivity contribution is 6.00. The summed E-state index contributed by atoms with van der Waals surface area (Å²) in [6.07, 6.45) is 1.01. The fourth-order valence-electron chi connectivity index (χ4n) is 4.90. The molecule has 2 aliphatic rings. The molecule has 7 heteroatoms. The Morgan fingerprint density at radius 2 is 1.82 bits per heavy atom. The van der Waals surface area contributed by atoms with E-state index in [2.05, 4.69) is 18.2 Å². The summed E-state index contributed by atoms with van der Waals surface area (Å²) in [5.41, 5.74) is 10.2. The maximum absolute atomic E-state index is 13.7. The second-order valence-electron chi connectivity index (χ2n) is 8.41. The number of hydrazine groups is 1. The molecule has 0 spiro atoms. The highest BCUT2D eigenvalue weighted by Crippen LogP contribution is 2.50. The number of methoxy groups -OCH3 is 2. The fourth-order valence-corrected chi connectivity index (χ4v) is 4.90. The average molecular weight is 445 g/mol. The number of carbonyl (C=O) groups is 1. The fraction of sp³-hybridized carbons (Fsp3) is 0.308. The van der Waals surface area contributed by atoms with Crippen LogP contribution in [0.5, 0.6) is 11.5 Å². The summed E-state index contributed by atoms with van der Waals surface area (Å²) in [6.45, 7) is 0. The molecule has 0 fully saturated rings. The maximum atomic E-state index is 13.7. The van der Waals surface area contributed by atoms with Gasteiger partial charge in [-0.1, -0.05) is 36.4 Å². The normalized spacial score (nSPS) is 20.6. The number of allylic oxidation sites excluding steroid dienone is 3. The highest BCUT2D eigenvalue weighted by atomic mass is 16.5. The summed E-state index contributed by atoms with van der Waals surface area (Å²) < 4.78 is 11.0. The molecule has 0 bridgehead atoms. The van der Waals surface area contributed by atoms with Crippen LogP contribution in [0.2, 0.25) is 0 Å². The van der Waals surface area contributed by atoms with E-state index in [1.807, 2.05) is 49.4 Å². The van der Waals surface area contributed by atoms with Gasteiger partial charge in [0.25, 0.3) is 0 Å². The number of ketones is 1. The first-order chi connectivity index (χ1) is 15.9. The van der Waals surface area contributed by atoms with Crippen molar-refractivity contribution in [2.24, 2.45) is 5.73 Å². The number of rotatable bonds is 5. The first-order valence-corrected chi connectivity index (χ1v) is 10.8. The van der Waals surface area contributed by atoms with E-state index in [-0.39, 0.29) is 11.7 Å². The third kappa shape index (κ3) is 3.83. The Morgan fingerprint density at radius 1 is 1.09 bits per heavy atom. The van der Waals surface area contributed by atoms with E-state index in [0.717, 1.165) is 16.8 Å². The minimum atomic E-state index is -0.605. The maximum Gasteiger partial charge on any atom is 0.162 e. The van der Waals surface area contributed by atoms with Crippen LogP contribution in [0.15, 0.2) is 71.2 Å². The highest BCUT2D eigenvalue weighted by Gasteiger charge is 2.44. The van der Waals surface area contributed by atoms with Crippen LogP contribution in [-0.4, -0.2) is 44.1 Å². The predicted molar refractivity (Wildman–Crippen MR) is 125 cm³/mol. The third-order valence-corrected chi connectivity index (χ3v) is 6.36. The molecule has 1 aliphatic heterocycles. The van der Waals surface area contributed by atoms with Crippen molar-refractivity contribution < 1.29 is 14.3 Å². The van der Waals surface area contributed by atoms with Gasteiger partial charge in [0.15, 0.2) is 5.78 Å². The topological polar surface area (TPSA) is 91.8 Å². The van der Waals surface area contributed by atoms with Crippen LogP contribution < -0.4 is 15.2 Å². The van der Waals surface area contributed by atoms with Gasteiger partial charge in [0.2, 0.25) is 0 Å². The minimum absolute atomic E-state index is 0.0140. The smallest absolute Gasteiger partial charge is 0.162 e. The molecule has 2 unspecified atom stereocenters. The van der Waals surface area contributed by atoms with Crippen LogP contribution in [0.25, 0.3) is 0 Å². The zero-order valence-electron chi connectivity index (χ0n) is 19.3. The Morgan fingerprint density at radius 3 is 2.42 bits per heavy atom. The molecule has 1 aliphatic carbocycles. The van der Waals surface area contributed by atoms with E-state index in [9.17, 15) is 10.1 Å². The van der Waals surface area contributed by atoms with Crippen molar-refractivity contribution in [3.05, 3.63) is 82.3 Å². The molecule has 2 atom stereocenters. The third-order valence-electron chi connectivity index (χ3n) is 6.36. The molecule has 0 aromatic heterocycles. The molecule has 33 heavy (non-hydrogen) atoms. The van der Waals surface area contributed by atoms with Gasteiger partial charge in [-0.05, 0) is 24.0 Å². The molecule has 4 rings (SSSR count). The number of nitrogens with zero attached hydrogens (tertiary/aromatic N) is 3. The summed E-state index contributed by atoms with van der Waals surface area (Å²) >= 11 is 0. The predicted octanol–water partition coefficient (Wildman–Crippen LogP) is 3.67. The van der Waals surface area contributed by atoms with Crippen LogP contribution in [0.3, 0.4) is 0 Å². The second kappa shape index (κ2) is 9.00. The van der Waals surface area contributed by atoms with Crippen molar-refractivity contribution in [2.75, 3.05) is 28.3 Å². The molecule has 1 heterocycles. The number of hydrogen-bond acceptors (Lipinski definition) is 7. The molecule has 7 nitrogen and oxygen atoms in total. The summed E-state index contributed by atoms with van der Waals surface area (Å²) in [5, 5.41) is 13.8. The molecule has 0 saturated heterocycles. The van der Waals surface area contributed by atoms with Gasteiger partial charge >= 0.3 is 0 Å². The van der Waals surface area contributed by atoms with Gasteiger partial charge in [-0.25, -0.2) is 5.01 Å². The first-order valence-electron chi connectivity index (χ1n) is 10.8. The average Bonchev–Trinajstić information content (AvgIpc) is 2.83. The lowest BCUT2D eigenvalue weighted by Gasteiger charge is -2.44. The summed E-state index contributed by atoms with van der Waals surface area (Å²) in [7, 11) is 6.86. The summed E-state index contributed by atoms with van der Waals surface area (Å²) in [6, 6.07) is 17.7. The Hall–Kier alpha value is -3.76. The number of nitrogens with two attached hydrogens (primary N) is 1.